The minimum Gasteiger partial charge on any atom is -0.466 e. The van der Waals surface area contributed by atoms with Crippen LogP contribution in [-0.2, 0) is 23.1 Å². The van der Waals surface area contributed by atoms with Crippen molar-refractivity contribution in [1.29, 1.82) is 0 Å². The van der Waals surface area contributed by atoms with Crippen LogP contribution < -0.4 is 0 Å². The maximum absolute atomic E-state index is 11.8. The summed E-state index contributed by atoms with van der Waals surface area (Å²) in [7, 11) is -3.28. The maximum Gasteiger partial charge on any atom is 0.341 e. The predicted molar refractivity (Wildman–Crippen MR) is 52.4 cm³/mol. The highest BCUT2D eigenvalue weighted by atomic mass is 31.2. The van der Waals surface area contributed by atoms with E-state index in [2.05, 4.69) is 4.74 Å². The molecule has 0 aromatic heterocycles. The molecule has 0 spiro atoms. The van der Waals surface area contributed by atoms with E-state index in [-0.39, 0.29) is 26.0 Å². The molecule has 0 radical (unpaired) electrons. The van der Waals surface area contributed by atoms with Crippen molar-refractivity contribution in [2.24, 2.45) is 0 Å². The second-order valence-corrected chi connectivity index (χ2v) is 4.46. The molecule has 0 N–H and O–H groups in total. The lowest BCUT2D eigenvalue weighted by Crippen LogP contribution is -2.12. The Balaban J connectivity index is 4.21. The Morgan fingerprint density at radius 1 is 1.07 bits per heavy atom. The first kappa shape index (κ1) is 13.6. The average molecular weight is 225 g/mol. The molecule has 0 atom stereocenters. The molecule has 0 amide bonds. The Morgan fingerprint density at radius 2 is 1.57 bits per heavy atom. The van der Waals surface area contributed by atoms with Gasteiger partial charge in [0.15, 0.2) is 0 Å². The molecule has 0 fully saturated rings. The van der Waals surface area contributed by atoms with Crippen LogP contribution in [0.5, 0.6) is 0 Å². The molecule has 0 saturated carbocycles. The number of ether oxygens (including phenoxy) is 1. The first-order valence-corrected chi connectivity index (χ1v) is 6.34. The van der Waals surface area contributed by atoms with E-state index in [4.69, 9.17) is 9.05 Å². The topological polar surface area (TPSA) is 61.8 Å². The van der Waals surface area contributed by atoms with Gasteiger partial charge in [0.05, 0.1) is 19.8 Å². The molecule has 0 aliphatic heterocycles. The summed E-state index contributed by atoms with van der Waals surface area (Å²) in [6, 6.07) is 0. The summed E-state index contributed by atoms with van der Waals surface area (Å²) in [5.74, 6) is -0.558. The average Bonchev–Trinajstić information content (AvgIpc) is 2.04. The number of carbonyl (C=O) groups excluding carboxylic acids is 1. The minimum absolute atomic E-state index is 0.247. The van der Waals surface area contributed by atoms with Crippen molar-refractivity contribution < 1.29 is 23.1 Å². The third kappa shape index (κ3) is 5.37. The molecule has 0 aliphatic carbocycles. The van der Waals surface area contributed by atoms with E-state index in [0.717, 1.165) is 0 Å². The SMILES string of the molecule is CCO[13C](=O)CP(=O)(OCC)OCC. The predicted octanol–water partition coefficient (Wildman–Crippen LogP) is 1.82. The van der Waals surface area contributed by atoms with Gasteiger partial charge >= 0.3 is 13.6 Å². The van der Waals surface area contributed by atoms with Crippen molar-refractivity contribution in [1.82, 2.24) is 0 Å². The Hall–Kier alpha value is -0.380. The standard InChI is InChI=1S/C8H17O5P/c1-4-11-8(9)7-14(10,12-5-2)13-6-3/h4-7H2,1-3H3/i8+1. The van der Waals surface area contributed by atoms with E-state index >= 15 is 0 Å². The Bertz CT molecular complexity index is 206. The van der Waals surface area contributed by atoms with Crippen LogP contribution in [0.15, 0.2) is 0 Å². The molecule has 0 bridgehead atoms. The molecular weight excluding hydrogens is 208 g/mol. The Labute approximate surface area is 84.3 Å². The first-order chi connectivity index (χ1) is 6.58. The normalized spacial score (nSPS) is 11.4. The summed E-state index contributed by atoms with van der Waals surface area (Å²) < 4.78 is 26.3. The summed E-state index contributed by atoms with van der Waals surface area (Å²) >= 11 is 0. The van der Waals surface area contributed by atoms with Gasteiger partial charge in [0, 0.05) is 0 Å². The number of hydrogen-bond donors (Lipinski definition) is 0. The number of rotatable bonds is 7. The molecule has 0 aliphatic rings. The zero-order valence-electron chi connectivity index (χ0n) is 8.82. The van der Waals surface area contributed by atoms with Gasteiger partial charge < -0.3 is 13.8 Å². The van der Waals surface area contributed by atoms with E-state index in [9.17, 15) is 9.36 Å². The fourth-order valence-corrected chi connectivity index (χ4v) is 2.34. The molecule has 0 aromatic carbocycles. The summed E-state index contributed by atoms with van der Waals surface area (Å²) in [5, 5.41) is 0. The molecule has 6 heteroatoms. The molecule has 0 saturated heterocycles. The van der Waals surface area contributed by atoms with Crippen LogP contribution in [0.25, 0.3) is 0 Å². The van der Waals surface area contributed by atoms with Gasteiger partial charge in [-0.2, -0.15) is 0 Å². The lowest BCUT2D eigenvalue weighted by molar-refractivity contribution is -0.140. The van der Waals surface area contributed by atoms with Crippen molar-refractivity contribution in [2.75, 3.05) is 26.0 Å². The van der Waals surface area contributed by atoms with E-state index in [0.29, 0.717) is 0 Å². The van der Waals surface area contributed by atoms with Crippen LogP contribution in [0, 0.1) is 0 Å². The van der Waals surface area contributed by atoms with Gasteiger partial charge in [-0.25, -0.2) is 0 Å². The molecule has 0 heterocycles. The number of carbonyl (C=O) groups is 1. The van der Waals surface area contributed by atoms with E-state index in [1.807, 2.05) is 0 Å². The summed E-state index contributed by atoms with van der Waals surface area (Å²) in [6.45, 7) is 5.82. The van der Waals surface area contributed by atoms with Crippen molar-refractivity contribution in [3.05, 3.63) is 0 Å². The molecule has 0 aromatic rings. The van der Waals surface area contributed by atoms with Gasteiger partial charge in [-0.15, -0.1) is 0 Å². The number of esters is 1. The molecule has 84 valence electrons. The van der Waals surface area contributed by atoms with Gasteiger partial charge in [-0.1, -0.05) is 0 Å². The smallest absolute Gasteiger partial charge is 0.341 e. The van der Waals surface area contributed by atoms with E-state index < -0.39 is 13.6 Å². The van der Waals surface area contributed by atoms with Crippen LogP contribution in [0.3, 0.4) is 0 Å². The van der Waals surface area contributed by atoms with Crippen molar-refractivity contribution in [2.45, 2.75) is 20.8 Å². The zero-order valence-corrected chi connectivity index (χ0v) is 9.71. The minimum atomic E-state index is -3.28. The highest BCUT2D eigenvalue weighted by Crippen LogP contribution is 2.47. The molecule has 0 unspecified atom stereocenters. The Kier molecular flexibility index (Phi) is 6.79. The lowest BCUT2D eigenvalue weighted by Gasteiger charge is -2.15. The largest absolute Gasteiger partial charge is 0.466 e. The van der Waals surface area contributed by atoms with Crippen LogP contribution >= 0.6 is 7.60 Å². The third-order valence-corrected chi connectivity index (χ3v) is 3.23. The van der Waals surface area contributed by atoms with Gasteiger partial charge in [-0.05, 0) is 20.8 Å². The van der Waals surface area contributed by atoms with Gasteiger partial charge in [0.1, 0.15) is 6.16 Å². The second kappa shape index (κ2) is 6.98. The fourth-order valence-electron chi connectivity index (χ4n) is 0.887. The highest BCUT2D eigenvalue weighted by Gasteiger charge is 2.28. The number of hydrogen-bond acceptors (Lipinski definition) is 5. The van der Waals surface area contributed by atoms with E-state index in [1.54, 1.807) is 20.8 Å². The molecular formula is C8H17O5P. The van der Waals surface area contributed by atoms with Crippen LogP contribution in [0.4, 0.5) is 0 Å². The monoisotopic (exact) mass is 225 g/mol. The lowest BCUT2D eigenvalue weighted by atomic mass is 10.9. The van der Waals surface area contributed by atoms with Crippen LogP contribution in [-0.4, -0.2) is 32.0 Å². The van der Waals surface area contributed by atoms with Crippen molar-refractivity contribution in [3.8, 4) is 0 Å². The van der Waals surface area contributed by atoms with Gasteiger partial charge in [-0.3, -0.25) is 9.36 Å². The van der Waals surface area contributed by atoms with Gasteiger partial charge in [0.25, 0.3) is 0 Å². The summed E-state index contributed by atoms with van der Waals surface area (Å²) in [6.07, 6.45) is -0.317. The van der Waals surface area contributed by atoms with E-state index in [1.165, 1.54) is 0 Å². The molecule has 0 rings (SSSR count). The second-order valence-electron chi connectivity index (χ2n) is 2.41. The first-order valence-electron chi connectivity index (χ1n) is 4.61. The van der Waals surface area contributed by atoms with Crippen LogP contribution in [0.2, 0.25) is 0 Å². The zero-order chi connectivity index (χ0) is 11.0. The van der Waals surface area contributed by atoms with Gasteiger partial charge in [0.2, 0.25) is 0 Å². The fraction of sp³-hybridized carbons (Fsp3) is 0.875. The molecule has 14 heavy (non-hydrogen) atoms. The maximum atomic E-state index is 11.8. The van der Waals surface area contributed by atoms with Crippen LogP contribution in [0.1, 0.15) is 20.8 Å². The Morgan fingerprint density at radius 3 is 1.93 bits per heavy atom. The van der Waals surface area contributed by atoms with Crippen molar-refractivity contribution in [3.63, 3.8) is 0 Å². The highest BCUT2D eigenvalue weighted by molar-refractivity contribution is 7.54. The summed E-state index contributed by atoms with van der Waals surface area (Å²) in [5.41, 5.74) is 0. The quantitative estimate of drug-likeness (QED) is 0.375. The molecule has 5 nitrogen and oxygen atoms in total. The van der Waals surface area contributed by atoms with Crippen molar-refractivity contribution >= 4 is 13.6 Å². The summed E-state index contributed by atoms with van der Waals surface area (Å²) in [4.78, 5) is 11.1. The third-order valence-electron chi connectivity index (χ3n) is 1.28.